The summed E-state index contributed by atoms with van der Waals surface area (Å²) in [6.45, 7) is 24.4. The third-order valence-corrected chi connectivity index (χ3v) is 16.7. The molecule has 0 heterocycles. The third kappa shape index (κ3) is 7.94. The highest BCUT2D eigenvalue weighted by atomic mass is 16.5. The van der Waals surface area contributed by atoms with E-state index in [9.17, 15) is 34.2 Å². The predicted octanol–water partition coefficient (Wildman–Crippen LogP) is 8.71. The Morgan fingerprint density at radius 2 is 1.54 bits per heavy atom. The fraction of sp³-hybridized carbons (Fsp3) is 0.848. The Kier molecular flexibility index (Phi) is 12.1. The van der Waals surface area contributed by atoms with Gasteiger partial charge in [0.1, 0.15) is 12.1 Å². The van der Waals surface area contributed by atoms with E-state index in [0.29, 0.717) is 24.8 Å². The highest BCUT2D eigenvalue weighted by Gasteiger charge is 2.69. The van der Waals surface area contributed by atoms with Gasteiger partial charge in [0.15, 0.2) is 0 Å². The molecule has 5 aliphatic rings. The Bertz CT molecular complexity index is 1600. The Hall–Kier alpha value is -2.91. The van der Waals surface area contributed by atoms with Gasteiger partial charge in [-0.2, -0.15) is 0 Å². The molecule has 2 amide bonds. The summed E-state index contributed by atoms with van der Waals surface area (Å²) >= 11 is 0. The minimum atomic E-state index is -1.04. The van der Waals surface area contributed by atoms with E-state index in [1.165, 1.54) is 5.57 Å². The number of carbonyl (C=O) groups is 5. The quantitative estimate of drug-likeness (QED) is 0.0821. The highest BCUT2D eigenvalue weighted by molar-refractivity contribution is 5.85. The van der Waals surface area contributed by atoms with Crippen molar-refractivity contribution < 1.29 is 38.9 Å². The number of fused-ring (bicyclic) bond motifs is 7. The van der Waals surface area contributed by atoms with Crippen LogP contribution in [0.4, 0.5) is 0 Å². The average molecular weight is 783 g/mol. The van der Waals surface area contributed by atoms with Gasteiger partial charge in [0.25, 0.3) is 0 Å². The molecule has 316 valence electrons. The highest BCUT2D eigenvalue weighted by Crippen LogP contribution is 2.76. The average Bonchev–Trinajstić information content (AvgIpc) is 3.05. The van der Waals surface area contributed by atoms with Crippen LogP contribution in [-0.2, 0) is 28.7 Å². The van der Waals surface area contributed by atoms with Crippen LogP contribution in [0.15, 0.2) is 11.6 Å². The monoisotopic (exact) mass is 783 g/mol. The van der Waals surface area contributed by atoms with Gasteiger partial charge in [-0.3, -0.25) is 19.2 Å². The Balaban J connectivity index is 1.33. The molecule has 4 N–H and O–H groups in total. The summed E-state index contributed by atoms with van der Waals surface area (Å²) in [6, 6.07) is -0.927. The van der Waals surface area contributed by atoms with E-state index in [-0.39, 0.29) is 82.1 Å². The van der Waals surface area contributed by atoms with Gasteiger partial charge in [-0.25, -0.2) is 4.79 Å². The van der Waals surface area contributed by atoms with Gasteiger partial charge in [0.2, 0.25) is 11.8 Å². The minimum absolute atomic E-state index is 0.0458. The van der Waals surface area contributed by atoms with Crippen molar-refractivity contribution >= 4 is 29.7 Å². The maximum atomic E-state index is 14.5. The standard InChI is InChI=1S/C46H74N2O8/c1-28(2)37(38(53)54)48-34(49)13-12-24-47-39(55)46-22-20-40(3,4)25-30(46)29-14-15-32-43(9)18-17-33(56-36(52)27-41(5,6)26-35(50)51)42(7,8)31(43)16-19-45(32,11)44(29,10)21-23-46/h14,28,30-33,37H,12-13,15-27H2,1-11H3,(H,47,55)(H,48,49)(H,50,51)(H,53,54)/t30-,31-,32+,33-,37-,43-,44+,45+,46-/m0/s1. The molecule has 0 aromatic carbocycles. The van der Waals surface area contributed by atoms with Crippen LogP contribution in [-0.4, -0.2) is 58.6 Å². The number of hydrogen-bond acceptors (Lipinski definition) is 6. The summed E-state index contributed by atoms with van der Waals surface area (Å²) in [7, 11) is 0. The van der Waals surface area contributed by atoms with Crippen LogP contribution in [0.5, 0.6) is 0 Å². The van der Waals surface area contributed by atoms with E-state index >= 15 is 0 Å². The molecular weight excluding hydrogens is 709 g/mol. The van der Waals surface area contributed by atoms with Crippen molar-refractivity contribution in [3.8, 4) is 0 Å². The lowest BCUT2D eigenvalue weighted by Gasteiger charge is -2.71. The first-order valence-electron chi connectivity index (χ1n) is 21.7. The van der Waals surface area contributed by atoms with E-state index in [1.807, 2.05) is 13.8 Å². The van der Waals surface area contributed by atoms with Crippen molar-refractivity contribution in [3.05, 3.63) is 11.6 Å². The van der Waals surface area contributed by atoms with E-state index < -0.39 is 28.8 Å². The number of hydrogen-bond donors (Lipinski definition) is 4. The molecule has 10 heteroatoms. The summed E-state index contributed by atoms with van der Waals surface area (Å²) in [5.74, 6) is -1.70. The lowest BCUT2D eigenvalue weighted by atomic mass is 9.33. The summed E-state index contributed by atoms with van der Waals surface area (Å²) in [5.41, 5.74) is 0.272. The fourth-order valence-corrected chi connectivity index (χ4v) is 13.3. The summed E-state index contributed by atoms with van der Waals surface area (Å²) in [6.07, 6.45) is 12.5. The molecule has 5 aliphatic carbocycles. The number of carboxylic acid groups (broad SMARTS) is 2. The smallest absolute Gasteiger partial charge is 0.326 e. The second kappa shape index (κ2) is 15.4. The molecule has 0 radical (unpaired) electrons. The van der Waals surface area contributed by atoms with Crippen molar-refractivity contribution in [3.63, 3.8) is 0 Å². The largest absolute Gasteiger partial charge is 0.481 e. The molecule has 10 nitrogen and oxygen atoms in total. The predicted molar refractivity (Wildman–Crippen MR) is 216 cm³/mol. The second-order valence-corrected chi connectivity index (χ2v) is 22.1. The third-order valence-electron chi connectivity index (χ3n) is 16.7. The molecule has 0 unspecified atom stereocenters. The number of ether oxygens (including phenoxy) is 1. The zero-order chi connectivity index (χ0) is 41.9. The number of esters is 1. The molecule has 0 aromatic rings. The van der Waals surface area contributed by atoms with Crippen molar-refractivity contribution in [1.29, 1.82) is 0 Å². The minimum Gasteiger partial charge on any atom is -0.481 e. The number of allylic oxidation sites excluding steroid dienone is 2. The molecule has 0 aliphatic heterocycles. The van der Waals surface area contributed by atoms with Gasteiger partial charge >= 0.3 is 17.9 Å². The molecular formula is C46H74N2O8. The molecule has 0 aromatic heterocycles. The molecule has 4 fully saturated rings. The van der Waals surface area contributed by atoms with Crippen LogP contribution < -0.4 is 10.6 Å². The molecule has 56 heavy (non-hydrogen) atoms. The van der Waals surface area contributed by atoms with Gasteiger partial charge in [0, 0.05) is 18.4 Å². The van der Waals surface area contributed by atoms with Crippen molar-refractivity contribution in [2.75, 3.05) is 6.54 Å². The molecule has 9 atom stereocenters. The summed E-state index contributed by atoms with van der Waals surface area (Å²) in [4.78, 5) is 63.3. The zero-order valence-corrected chi connectivity index (χ0v) is 36.5. The van der Waals surface area contributed by atoms with E-state index in [4.69, 9.17) is 4.74 Å². The lowest BCUT2D eigenvalue weighted by Crippen LogP contribution is -2.65. The van der Waals surface area contributed by atoms with Crippen LogP contribution in [0.3, 0.4) is 0 Å². The van der Waals surface area contributed by atoms with E-state index in [2.05, 4.69) is 65.2 Å². The summed E-state index contributed by atoms with van der Waals surface area (Å²) < 4.78 is 6.25. The topological polar surface area (TPSA) is 159 Å². The number of rotatable bonds is 13. The first kappa shape index (κ1) is 44.2. The Morgan fingerprint density at radius 3 is 2.16 bits per heavy atom. The van der Waals surface area contributed by atoms with Crippen LogP contribution in [0.2, 0.25) is 0 Å². The van der Waals surface area contributed by atoms with Gasteiger partial charge in [0.05, 0.1) is 18.3 Å². The van der Waals surface area contributed by atoms with Crippen LogP contribution in [0.25, 0.3) is 0 Å². The van der Waals surface area contributed by atoms with Crippen LogP contribution in [0.1, 0.15) is 166 Å². The lowest BCUT2D eigenvalue weighted by molar-refractivity contribution is -0.213. The fourth-order valence-electron chi connectivity index (χ4n) is 13.3. The van der Waals surface area contributed by atoms with Gasteiger partial charge < -0.3 is 25.6 Å². The van der Waals surface area contributed by atoms with Crippen LogP contribution >= 0.6 is 0 Å². The van der Waals surface area contributed by atoms with Gasteiger partial charge in [-0.05, 0) is 121 Å². The Labute approximate surface area is 336 Å². The van der Waals surface area contributed by atoms with E-state index in [1.54, 1.807) is 13.8 Å². The molecule has 5 rings (SSSR count). The second-order valence-electron chi connectivity index (χ2n) is 22.1. The van der Waals surface area contributed by atoms with Gasteiger partial charge in [-0.1, -0.05) is 87.8 Å². The number of carbonyl (C=O) groups excluding carboxylic acids is 3. The van der Waals surface area contributed by atoms with E-state index in [0.717, 1.165) is 64.2 Å². The van der Waals surface area contributed by atoms with Crippen molar-refractivity contribution in [2.45, 2.75) is 178 Å². The molecule has 4 saturated carbocycles. The van der Waals surface area contributed by atoms with Crippen molar-refractivity contribution in [2.24, 2.45) is 61.6 Å². The number of carboxylic acids is 2. The maximum absolute atomic E-state index is 14.5. The van der Waals surface area contributed by atoms with Crippen LogP contribution in [0, 0.1) is 61.6 Å². The molecule has 0 saturated heterocycles. The first-order chi connectivity index (χ1) is 25.7. The molecule has 0 spiro atoms. The zero-order valence-electron chi connectivity index (χ0n) is 36.5. The maximum Gasteiger partial charge on any atom is 0.326 e. The first-order valence-corrected chi connectivity index (χ1v) is 21.7. The number of nitrogens with one attached hydrogen (secondary N) is 2. The number of aliphatic carboxylic acids is 2. The Morgan fingerprint density at radius 1 is 0.875 bits per heavy atom. The van der Waals surface area contributed by atoms with Crippen molar-refractivity contribution in [1.82, 2.24) is 10.6 Å². The van der Waals surface area contributed by atoms with Gasteiger partial charge in [-0.15, -0.1) is 0 Å². The molecule has 0 bridgehead atoms. The SMILES string of the molecule is CC(C)[C@H](NC(=O)CCCNC(=O)[C@]12CCC(C)(C)C[C@H]1C1=CC[C@@H]3[C@@]4(C)CC[C@H](OC(=O)CC(C)(C)CC(=O)O)C(C)(C)[C@@H]4CC[C@@]3(C)[C@]1(C)CC2)C(=O)O. The normalized spacial score (nSPS) is 36.3. The summed E-state index contributed by atoms with van der Waals surface area (Å²) in [5, 5.41) is 24.7. The number of amides is 2.